The van der Waals surface area contributed by atoms with Crippen LogP contribution in [0.1, 0.15) is 5.56 Å². The first-order valence-electron chi connectivity index (χ1n) is 7.25. The zero-order valence-corrected chi connectivity index (χ0v) is 21.4. The van der Waals surface area contributed by atoms with Gasteiger partial charge in [-0.3, -0.25) is 0 Å². The Morgan fingerprint density at radius 1 is 0.967 bits per heavy atom. The van der Waals surface area contributed by atoms with E-state index in [2.05, 4.69) is 20.1 Å². The van der Waals surface area contributed by atoms with Crippen LogP contribution in [0.5, 0.6) is 0 Å². The molecule has 0 heterocycles. The van der Waals surface area contributed by atoms with Crippen LogP contribution in [0.25, 0.3) is 27.0 Å². The Morgan fingerprint density at radius 2 is 1.50 bits per heavy atom. The maximum Gasteiger partial charge on any atom is 1.00 e. The summed E-state index contributed by atoms with van der Waals surface area (Å²) in [6.45, 7) is 0. The Balaban J connectivity index is 0.00000420. The fourth-order valence-electron chi connectivity index (χ4n) is 2.52. The fraction of sp³-hybridized carbons (Fsp3) is 0.143. The smallest absolute Gasteiger partial charge is 0.746 e. The van der Waals surface area contributed by atoms with E-state index in [-0.39, 0.29) is 59.1 Å². The molecule has 0 amide bonds. The maximum atomic E-state index is 11.8. The minimum Gasteiger partial charge on any atom is -0.746 e. The Morgan fingerprint density at radius 3 is 1.97 bits per heavy atom. The normalized spacial score (nSPS) is 17.5. The topological polar surface area (TPSA) is 212 Å². The predicted octanol–water partition coefficient (Wildman–Crippen LogP) is -3.18. The molecule has 0 N–H and O–H groups in total. The van der Waals surface area contributed by atoms with Crippen LogP contribution in [-0.2, 0) is 20.2 Å². The van der Waals surface area contributed by atoms with Crippen LogP contribution in [0.15, 0.2) is 64.5 Å². The number of hydrogen-bond donors (Lipinski definition) is 0. The molecule has 1 atom stereocenters. The second-order valence-electron chi connectivity index (χ2n) is 5.41. The quantitative estimate of drug-likeness (QED) is 0.138. The van der Waals surface area contributed by atoms with Crippen LogP contribution >= 0.6 is 0 Å². The second-order valence-corrected chi connectivity index (χ2v) is 8.84. The molecule has 16 heteroatoms. The molecule has 146 valence electrons. The van der Waals surface area contributed by atoms with Crippen molar-refractivity contribution in [3.05, 3.63) is 80.7 Å². The maximum absolute atomic E-state index is 11.8. The summed E-state index contributed by atoms with van der Waals surface area (Å²) >= 11 is 0. The second kappa shape index (κ2) is 11.5. The van der Waals surface area contributed by atoms with Crippen molar-refractivity contribution in [2.24, 2.45) is 16.1 Å². The van der Waals surface area contributed by atoms with E-state index in [1.54, 1.807) is 0 Å². The van der Waals surface area contributed by atoms with Crippen LogP contribution in [0.3, 0.4) is 0 Å². The van der Waals surface area contributed by atoms with Crippen molar-refractivity contribution < 1.29 is 85.1 Å². The molecule has 0 fully saturated rings. The van der Waals surface area contributed by atoms with Gasteiger partial charge in [-0.05, 0) is 22.7 Å². The summed E-state index contributed by atoms with van der Waals surface area (Å²) in [5.41, 5.74) is 17.1. The first kappa shape index (κ1) is 28.9. The number of benzene rings is 1. The molecule has 12 nitrogen and oxygen atoms in total. The molecule has 0 aromatic heterocycles. The Kier molecular flexibility index (Phi) is 11.1. The Labute approximate surface area is 216 Å². The number of azide groups is 2. The fourth-order valence-corrected chi connectivity index (χ4v) is 5.03. The summed E-state index contributed by atoms with van der Waals surface area (Å²) in [6.07, 6.45) is 4.74. The van der Waals surface area contributed by atoms with Gasteiger partial charge in [-0.15, -0.1) is 0 Å². The zero-order chi connectivity index (χ0) is 21.0. The van der Waals surface area contributed by atoms with Gasteiger partial charge in [0.25, 0.3) is 0 Å². The summed E-state index contributed by atoms with van der Waals surface area (Å²) in [5.74, 6) is -1.67. The molecule has 0 aliphatic heterocycles. The predicted molar refractivity (Wildman–Crippen MR) is 96.3 cm³/mol. The number of rotatable bonds is 6. The van der Waals surface area contributed by atoms with Gasteiger partial charge in [-0.2, -0.15) is 0 Å². The van der Waals surface area contributed by atoms with Gasteiger partial charge in [-0.1, -0.05) is 58.8 Å². The van der Waals surface area contributed by atoms with Gasteiger partial charge < -0.3 is 9.11 Å². The van der Waals surface area contributed by atoms with E-state index in [0.717, 1.165) is 18.2 Å². The van der Waals surface area contributed by atoms with Gasteiger partial charge in [0.15, 0.2) is 4.08 Å². The first-order chi connectivity index (χ1) is 13.0. The monoisotopic (exact) mass is 468 g/mol. The van der Waals surface area contributed by atoms with E-state index in [4.69, 9.17) is 11.1 Å². The Bertz CT molecular complexity index is 1150. The van der Waals surface area contributed by atoms with E-state index < -0.39 is 35.9 Å². The van der Waals surface area contributed by atoms with Crippen molar-refractivity contribution in [2.45, 2.75) is 4.08 Å². The van der Waals surface area contributed by atoms with Crippen molar-refractivity contribution in [2.75, 3.05) is 0 Å². The van der Waals surface area contributed by atoms with Crippen LogP contribution in [0, 0.1) is 5.92 Å². The summed E-state index contributed by atoms with van der Waals surface area (Å²) < 4.78 is 67.5. The first-order valence-corrected chi connectivity index (χ1v) is 10.1. The summed E-state index contributed by atoms with van der Waals surface area (Å²) in [7, 11) is -11.5. The van der Waals surface area contributed by atoms with Crippen molar-refractivity contribution in [3.63, 3.8) is 0 Å². The van der Waals surface area contributed by atoms with Crippen molar-refractivity contribution in [1.82, 2.24) is 0 Å². The van der Waals surface area contributed by atoms with Crippen molar-refractivity contribution in [3.8, 4) is 0 Å². The minimum absolute atomic E-state index is 0. The molecule has 1 aliphatic rings. The van der Waals surface area contributed by atoms with Gasteiger partial charge in [-0.25, -0.2) is 16.8 Å². The van der Waals surface area contributed by atoms with Gasteiger partial charge in [0, 0.05) is 27.1 Å². The van der Waals surface area contributed by atoms with E-state index >= 15 is 0 Å². The SMILES string of the molecule is [N-]=[N+]=NC1=CC(S(=O)(=O)[O-])(S(=O)(=O)[O-])C(C=Cc2ccc(N=[N+]=[N-])cc2)C=C1.[Na+].[Na+]. The molecule has 1 aromatic rings. The average Bonchev–Trinajstić information content (AvgIpc) is 2.60. The minimum atomic E-state index is -5.73. The van der Waals surface area contributed by atoms with Crippen molar-refractivity contribution in [1.29, 1.82) is 0 Å². The summed E-state index contributed by atoms with van der Waals surface area (Å²) in [5, 5.41) is 6.44. The third-order valence-electron chi connectivity index (χ3n) is 3.78. The molecule has 2 rings (SSSR count). The Hall–Kier alpha value is -1.12. The summed E-state index contributed by atoms with van der Waals surface area (Å²) in [4.78, 5) is 4.99. The molecule has 1 unspecified atom stereocenters. The third kappa shape index (κ3) is 6.20. The van der Waals surface area contributed by atoms with Crippen LogP contribution in [0.4, 0.5) is 5.69 Å². The van der Waals surface area contributed by atoms with Crippen molar-refractivity contribution >= 4 is 32.0 Å². The molecule has 0 bridgehead atoms. The summed E-state index contributed by atoms with van der Waals surface area (Å²) in [6, 6.07) is 5.84. The number of hydrogen-bond acceptors (Lipinski definition) is 8. The van der Waals surface area contributed by atoms with Crippen LogP contribution in [0.2, 0.25) is 0 Å². The molecule has 0 spiro atoms. The van der Waals surface area contributed by atoms with E-state index in [1.165, 1.54) is 30.3 Å². The number of nitrogens with zero attached hydrogens (tertiary/aromatic N) is 6. The average molecular weight is 468 g/mol. The number of allylic oxidation sites excluding steroid dienone is 3. The molecule has 0 radical (unpaired) electrons. The van der Waals surface area contributed by atoms with E-state index in [0.29, 0.717) is 17.3 Å². The molecular formula is C14H10N6Na2O6S2. The van der Waals surface area contributed by atoms with Crippen LogP contribution < -0.4 is 59.1 Å². The van der Waals surface area contributed by atoms with E-state index in [1.807, 2.05) is 0 Å². The molecular weight excluding hydrogens is 458 g/mol. The van der Waals surface area contributed by atoms with Gasteiger partial charge in [0.2, 0.25) is 0 Å². The van der Waals surface area contributed by atoms with Gasteiger partial charge >= 0.3 is 59.1 Å². The largest absolute Gasteiger partial charge is 1.00 e. The molecule has 0 saturated heterocycles. The third-order valence-corrected chi connectivity index (χ3v) is 7.35. The molecule has 1 aliphatic carbocycles. The van der Waals surface area contributed by atoms with Gasteiger partial charge in [0.1, 0.15) is 20.2 Å². The molecule has 0 saturated carbocycles. The molecule has 1 aromatic carbocycles. The standard InChI is InChI=1S/C14H12N6O6S2.2Na/c15-19-17-12-6-2-10(3-7-12)1-4-11-5-8-13(18-20-16)9-14(11,27(21,22)23)28(24,25)26;;/h1-9,11H,(H,21,22,23)(H,24,25,26);;/q;2*+1/p-2. The zero-order valence-electron chi connectivity index (χ0n) is 15.7. The van der Waals surface area contributed by atoms with Crippen LogP contribution in [-0.4, -0.2) is 30.0 Å². The van der Waals surface area contributed by atoms with E-state index in [9.17, 15) is 25.9 Å². The molecule has 30 heavy (non-hydrogen) atoms. The van der Waals surface area contributed by atoms with Gasteiger partial charge in [0.05, 0.1) is 0 Å².